The number of aromatic nitrogens is 1. The number of hydrogen-bond donors (Lipinski definition) is 0. The summed E-state index contributed by atoms with van der Waals surface area (Å²) >= 11 is 0. The number of piperidine rings is 1. The van der Waals surface area contributed by atoms with Crippen LogP contribution in [0.4, 0.5) is 0 Å². The standard InChI is InChI=1S/C15H21N3O2/c1-3-6-20-14-5-4-11(8-16-14)15(19)18-12-7-13(18)10-17(2)9-12/h4-5,8,12-13H,3,6-7,9-10H2,1-2H3. The number of amides is 1. The number of likely N-dealkylation sites (N-methyl/N-ethyl adjacent to an activating group) is 1. The Morgan fingerprint density at radius 3 is 2.75 bits per heavy atom. The molecule has 0 N–H and O–H groups in total. The van der Waals surface area contributed by atoms with Crippen molar-refractivity contribution in [1.82, 2.24) is 14.8 Å². The maximum atomic E-state index is 12.5. The van der Waals surface area contributed by atoms with E-state index in [4.69, 9.17) is 4.74 Å². The number of fused-ring (bicyclic) bond motifs is 2. The number of piperazine rings is 1. The number of rotatable bonds is 4. The summed E-state index contributed by atoms with van der Waals surface area (Å²) in [6.07, 6.45) is 3.72. The zero-order valence-electron chi connectivity index (χ0n) is 12.1. The first-order valence-corrected chi connectivity index (χ1v) is 7.29. The molecule has 0 saturated carbocycles. The van der Waals surface area contributed by atoms with Gasteiger partial charge in [0.2, 0.25) is 5.88 Å². The van der Waals surface area contributed by atoms with Crippen molar-refractivity contribution >= 4 is 5.91 Å². The van der Waals surface area contributed by atoms with E-state index in [1.54, 1.807) is 12.3 Å². The molecule has 0 aliphatic carbocycles. The second-order valence-corrected chi connectivity index (χ2v) is 5.71. The van der Waals surface area contributed by atoms with E-state index in [9.17, 15) is 4.79 Å². The van der Waals surface area contributed by atoms with Gasteiger partial charge >= 0.3 is 0 Å². The second kappa shape index (κ2) is 5.40. The van der Waals surface area contributed by atoms with Crippen molar-refractivity contribution in [3.8, 4) is 5.88 Å². The molecule has 2 aliphatic rings. The van der Waals surface area contributed by atoms with Crippen LogP contribution in [0.25, 0.3) is 0 Å². The van der Waals surface area contributed by atoms with E-state index < -0.39 is 0 Å². The van der Waals surface area contributed by atoms with E-state index in [1.165, 1.54) is 0 Å². The second-order valence-electron chi connectivity index (χ2n) is 5.71. The van der Waals surface area contributed by atoms with Crippen LogP contribution in [0.1, 0.15) is 30.1 Å². The van der Waals surface area contributed by atoms with Crippen molar-refractivity contribution in [2.75, 3.05) is 26.7 Å². The highest BCUT2D eigenvalue weighted by Gasteiger charge is 2.46. The molecule has 2 bridgehead atoms. The molecule has 5 heteroatoms. The van der Waals surface area contributed by atoms with Crippen LogP contribution >= 0.6 is 0 Å². The molecule has 108 valence electrons. The Kier molecular flexibility index (Phi) is 3.61. The predicted octanol–water partition coefficient (Wildman–Crippen LogP) is 1.40. The summed E-state index contributed by atoms with van der Waals surface area (Å²) in [5.41, 5.74) is 0.660. The van der Waals surface area contributed by atoms with Crippen molar-refractivity contribution in [3.63, 3.8) is 0 Å². The average molecular weight is 275 g/mol. The lowest BCUT2D eigenvalue weighted by molar-refractivity contribution is -0.0397. The van der Waals surface area contributed by atoms with Crippen molar-refractivity contribution in [1.29, 1.82) is 0 Å². The van der Waals surface area contributed by atoms with Crippen molar-refractivity contribution < 1.29 is 9.53 Å². The van der Waals surface area contributed by atoms with E-state index in [0.717, 1.165) is 25.9 Å². The molecule has 1 aromatic rings. The van der Waals surface area contributed by atoms with E-state index >= 15 is 0 Å². The number of carbonyl (C=O) groups is 1. The molecule has 2 atom stereocenters. The summed E-state index contributed by atoms with van der Waals surface area (Å²) in [5, 5.41) is 0. The molecule has 1 amide bonds. The van der Waals surface area contributed by atoms with Gasteiger partial charge < -0.3 is 14.5 Å². The third-order valence-electron chi connectivity index (χ3n) is 4.05. The van der Waals surface area contributed by atoms with Gasteiger partial charge in [-0.15, -0.1) is 0 Å². The van der Waals surface area contributed by atoms with Crippen molar-refractivity contribution in [2.45, 2.75) is 31.8 Å². The SMILES string of the molecule is CCCOc1ccc(C(=O)N2C3CC2CN(C)C3)cn1. The van der Waals surface area contributed by atoms with E-state index in [-0.39, 0.29) is 5.91 Å². The fourth-order valence-corrected chi connectivity index (χ4v) is 3.10. The summed E-state index contributed by atoms with van der Waals surface area (Å²) < 4.78 is 5.44. The Bertz CT molecular complexity index is 476. The van der Waals surface area contributed by atoms with Gasteiger partial charge in [0.1, 0.15) is 0 Å². The van der Waals surface area contributed by atoms with Crippen LogP contribution in [0.3, 0.4) is 0 Å². The van der Waals surface area contributed by atoms with Gasteiger partial charge in [-0.05, 0) is 26.0 Å². The molecule has 2 saturated heterocycles. The normalized spacial score (nSPS) is 25.2. The Balaban J connectivity index is 1.66. The Morgan fingerprint density at radius 1 is 1.40 bits per heavy atom. The zero-order chi connectivity index (χ0) is 14.1. The molecule has 1 aromatic heterocycles. The molecule has 2 aliphatic heterocycles. The largest absolute Gasteiger partial charge is 0.478 e. The molecular formula is C15H21N3O2. The quantitative estimate of drug-likeness (QED) is 0.833. The topological polar surface area (TPSA) is 45.7 Å². The first kappa shape index (κ1) is 13.4. The first-order chi connectivity index (χ1) is 9.69. The van der Waals surface area contributed by atoms with Gasteiger partial charge in [-0.1, -0.05) is 6.92 Å². The first-order valence-electron chi connectivity index (χ1n) is 7.29. The molecule has 0 aromatic carbocycles. The number of ether oxygens (including phenoxy) is 1. The van der Waals surface area contributed by atoms with Crippen LogP contribution in [0.15, 0.2) is 18.3 Å². The van der Waals surface area contributed by atoms with Crippen LogP contribution in [0.2, 0.25) is 0 Å². The van der Waals surface area contributed by atoms with Crippen molar-refractivity contribution in [2.24, 2.45) is 0 Å². The molecule has 0 radical (unpaired) electrons. The number of nitrogens with zero attached hydrogens (tertiary/aromatic N) is 3. The molecule has 3 rings (SSSR count). The van der Waals surface area contributed by atoms with Gasteiger partial charge in [-0.3, -0.25) is 4.79 Å². The number of hydrogen-bond acceptors (Lipinski definition) is 4. The third kappa shape index (κ3) is 2.38. The minimum Gasteiger partial charge on any atom is -0.478 e. The van der Waals surface area contributed by atoms with E-state index in [2.05, 4.69) is 23.9 Å². The van der Waals surface area contributed by atoms with Crippen LogP contribution in [-0.4, -0.2) is 59.5 Å². The van der Waals surface area contributed by atoms with Crippen LogP contribution < -0.4 is 4.74 Å². The monoisotopic (exact) mass is 275 g/mol. The number of pyridine rings is 1. The smallest absolute Gasteiger partial charge is 0.256 e. The van der Waals surface area contributed by atoms with Gasteiger partial charge in [0.05, 0.1) is 12.2 Å². The molecule has 2 fully saturated rings. The van der Waals surface area contributed by atoms with Crippen molar-refractivity contribution in [3.05, 3.63) is 23.9 Å². The molecule has 3 heterocycles. The van der Waals surface area contributed by atoms with Gasteiger partial charge in [-0.2, -0.15) is 0 Å². The lowest BCUT2D eigenvalue weighted by Gasteiger charge is -2.55. The molecule has 5 nitrogen and oxygen atoms in total. The molecule has 2 unspecified atom stereocenters. The Hall–Kier alpha value is -1.62. The van der Waals surface area contributed by atoms with Gasteiger partial charge in [0, 0.05) is 37.4 Å². The maximum Gasteiger partial charge on any atom is 0.256 e. The number of likely N-dealkylation sites (tertiary alicyclic amines) is 2. The average Bonchev–Trinajstić information content (AvgIpc) is 2.45. The summed E-state index contributed by atoms with van der Waals surface area (Å²) in [7, 11) is 2.11. The fourth-order valence-electron chi connectivity index (χ4n) is 3.10. The highest BCUT2D eigenvalue weighted by Crippen LogP contribution is 2.33. The predicted molar refractivity (Wildman–Crippen MR) is 75.9 cm³/mol. The number of carbonyl (C=O) groups excluding carboxylic acids is 1. The van der Waals surface area contributed by atoms with Gasteiger partial charge in [0.15, 0.2) is 0 Å². The highest BCUT2D eigenvalue weighted by atomic mass is 16.5. The minimum absolute atomic E-state index is 0.105. The summed E-state index contributed by atoms with van der Waals surface area (Å²) in [6, 6.07) is 4.35. The van der Waals surface area contributed by atoms with Crippen LogP contribution in [-0.2, 0) is 0 Å². The van der Waals surface area contributed by atoms with Crippen LogP contribution in [0.5, 0.6) is 5.88 Å². The lowest BCUT2D eigenvalue weighted by Crippen LogP contribution is -2.69. The van der Waals surface area contributed by atoms with E-state index in [0.29, 0.717) is 30.1 Å². The van der Waals surface area contributed by atoms with Crippen LogP contribution in [0, 0.1) is 0 Å². The third-order valence-corrected chi connectivity index (χ3v) is 4.05. The summed E-state index contributed by atoms with van der Waals surface area (Å²) in [5.74, 6) is 0.695. The summed E-state index contributed by atoms with van der Waals surface area (Å²) in [4.78, 5) is 21.0. The molecular weight excluding hydrogens is 254 g/mol. The Labute approximate surface area is 119 Å². The van der Waals surface area contributed by atoms with Gasteiger partial charge in [0.25, 0.3) is 5.91 Å². The maximum absolute atomic E-state index is 12.5. The summed E-state index contributed by atoms with van der Waals surface area (Å²) in [6.45, 7) is 4.67. The highest BCUT2D eigenvalue weighted by molar-refractivity contribution is 5.95. The molecule has 0 spiro atoms. The lowest BCUT2D eigenvalue weighted by atomic mass is 9.87. The van der Waals surface area contributed by atoms with E-state index in [1.807, 2.05) is 11.0 Å². The minimum atomic E-state index is 0.105. The Morgan fingerprint density at radius 2 is 2.15 bits per heavy atom. The fraction of sp³-hybridized carbons (Fsp3) is 0.600. The van der Waals surface area contributed by atoms with Gasteiger partial charge in [-0.25, -0.2) is 4.98 Å². The molecule has 20 heavy (non-hydrogen) atoms. The zero-order valence-corrected chi connectivity index (χ0v) is 12.1.